The molecule has 0 spiro atoms. The van der Waals surface area contributed by atoms with Crippen LogP contribution in [-0.2, 0) is 23.6 Å². The van der Waals surface area contributed by atoms with Gasteiger partial charge >= 0.3 is 0 Å². The van der Waals surface area contributed by atoms with Gasteiger partial charge in [-0.3, -0.25) is 0 Å². The van der Waals surface area contributed by atoms with E-state index in [0.717, 1.165) is 5.56 Å². The fourth-order valence-electron chi connectivity index (χ4n) is 3.48. The number of benzene rings is 2. The summed E-state index contributed by atoms with van der Waals surface area (Å²) in [6.45, 7) is 0.209. The van der Waals surface area contributed by atoms with E-state index in [2.05, 4.69) is 15.3 Å². The summed E-state index contributed by atoms with van der Waals surface area (Å²) in [5.41, 5.74) is 3.14. The van der Waals surface area contributed by atoms with E-state index in [-0.39, 0.29) is 11.4 Å². The molecule has 4 aromatic rings. The van der Waals surface area contributed by atoms with Gasteiger partial charge in [0.2, 0.25) is 10.0 Å². The van der Waals surface area contributed by atoms with E-state index in [0.29, 0.717) is 34.1 Å². The predicted molar refractivity (Wildman–Crippen MR) is 133 cm³/mol. The van der Waals surface area contributed by atoms with E-state index in [1.807, 2.05) is 31.4 Å². The predicted octanol–water partition coefficient (Wildman–Crippen LogP) is 3.93. The van der Waals surface area contributed by atoms with Crippen molar-refractivity contribution in [1.82, 2.24) is 18.8 Å². The Hall–Kier alpha value is -4.20. The van der Waals surface area contributed by atoms with Crippen molar-refractivity contribution in [2.45, 2.75) is 11.4 Å². The van der Waals surface area contributed by atoms with Gasteiger partial charge in [0.1, 0.15) is 17.6 Å². The van der Waals surface area contributed by atoms with Gasteiger partial charge in [-0.25, -0.2) is 18.4 Å². The molecule has 178 valence electrons. The van der Waals surface area contributed by atoms with E-state index in [1.54, 1.807) is 67.5 Å². The highest BCUT2D eigenvalue weighted by atomic mass is 32.2. The first kappa shape index (κ1) is 23.9. The number of sulfonamides is 1. The third-order valence-corrected chi connectivity index (χ3v) is 7.20. The van der Waals surface area contributed by atoms with Crippen LogP contribution < -0.4 is 10.1 Å². The average Bonchev–Trinajstić information content (AvgIpc) is 3.31. The zero-order chi connectivity index (χ0) is 25.0. The lowest BCUT2D eigenvalue weighted by Crippen LogP contribution is -2.26. The molecule has 2 aromatic carbocycles. The minimum Gasteiger partial charge on any atom is -0.497 e. The Kier molecular flexibility index (Phi) is 6.82. The summed E-state index contributed by atoms with van der Waals surface area (Å²) < 4.78 is 35.1. The summed E-state index contributed by atoms with van der Waals surface area (Å²) in [7, 11) is 1.19. The first-order valence-corrected chi connectivity index (χ1v) is 12.1. The lowest BCUT2D eigenvalue weighted by Gasteiger charge is -2.19. The van der Waals surface area contributed by atoms with Crippen molar-refractivity contribution in [3.8, 4) is 23.1 Å². The van der Waals surface area contributed by atoms with Gasteiger partial charge in [0.15, 0.2) is 0 Å². The molecule has 0 radical (unpaired) electrons. The molecule has 4 rings (SSSR count). The molecule has 1 N–H and O–H groups in total. The number of aryl methyl sites for hydroxylation is 1. The molecule has 0 atom stereocenters. The van der Waals surface area contributed by atoms with E-state index in [9.17, 15) is 8.42 Å². The maximum absolute atomic E-state index is 13.4. The van der Waals surface area contributed by atoms with E-state index < -0.39 is 10.0 Å². The molecule has 2 aromatic heterocycles. The van der Waals surface area contributed by atoms with E-state index >= 15 is 0 Å². The van der Waals surface area contributed by atoms with Gasteiger partial charge in [0, 0.05) is 44.3 Å². The van der Waals surface area contributed by atoms with Crippen LogP contribution in [-0.4, -0.2) is 41.4 Å². The highest BCUT2D eigenvalue weighted by Gasteiger charge is 2.23. The van der Waals surface area contributed by atoms with Crippen molar-refractivity contribution in [2.24, 2.45) is 7.05 Å². The minimum atomic E-state index is -3.79. The number of imidazole rings is 1. The van der Waals surface area contributed by atoms with Crippen LogP contribution in [0.2, 0.25) is 0 Å². The van der Waals surface area contributed by atoms with Gasteiger partial charge in [-0.15, -0.1) is 0 Å². The van der Waals surface area contributed by atoms with Crippen molar-refractivity contribution in [3.63, 3.8) is 0 Å². The van der Waals surface area contributed by atoms with E-state index in [4.69, 9.17) is 10.00 Å². The first-order chi connectivity index (χ1) is 16.8. The quantitative estimate of drug-likeness (QED) is 0.400. The van der Waals surface area contributed by atoms with Crippen molar-refractivity contribution >= 4 is 21.5 Å². The third kappa shape index (κ3) is 5.32. The maximum Gasteiger partial charge on any atom is 0.243 e. The largest absolute Gasteiger partial charge is 0.497 e. The molecule has 0 aliphatic rings. The number of ether oxygens (including phenoxy) is 1. The number of aromatic nitrogens is 3. The number of anilines is 2. The van der Waals surface area contributed by atoms with E-state index in [1.165, 1.54) is 10.5 Å². The van der Waals surface area contributed by atoms with Gasteiger partial charge in [0.05, 0.1) is 29.6 Å². The standard InChI is InChI=1S/C25H24N6O3S/c1-30-16-24(28-17-30)22-12-21(9-10-23(22)29-25-11-6-19(13-26)14-27-25)35(32,33)31(2)15-18-4-7-20(34-3)8-5-18/h4-12,14,16-17H,15H2,1-3H3,(H,27,29). The Morgan fingerprint density at radius 3 is 2.49 bits per heavy atom. The fourth-order valence-corrected chi connectivity index (χ4v) is 4.67. The lowest BCUT2D eigenvalue weighted by molar-refractivity contribution is 0.414. The fraction of sp³-hybridized carbons (Fsp3) is 0.160. The number of pyridine rings is 1. The topological polar surface area (TPSA) is 113 Å². The number of nitriles is 1. The Bertz CT molecular complexity index is 1470. The number of rotatable bonds is 8. The first-order valence-electron chi connectivity index (χ1n) is 10.6. The molecule has 0 saturated heterocycles. The monoisotopic (exact) mass is 488 g/mol. The van der Waals surface area contributed by atoms with Crippen molar-refractivity contribution in [2.75, 3.05) is 19.5 Å². The van der Waals surface area contributed by atoms with Gasteiger partial charge in [-0.2, -0.15) is 9.57 Å². The van der Waals surface area contributed by atoms with Crippen LogP contribution in [0.25, 0.3) is 11.3 Å². The summed E-state index contributed by atoms with van der Waals surface area (Å²) in [5.74, 6) is 1.23. The van der Waals surface area contributed by atoms with Crippen LogP contribution in [0.4, 0.5) is 11.5 Å². The van der Waals surface area contributed by atoms with Crippen molar-refractivity contribution in [1.29, 1.82) is 5.26 Å². The summed E-state index contributed by atoms with van der Waals surface area (Å²) in [6.07, 6.45) is 4.93. The summed E-state index contributed by atoms with van der Waals surface area (Å²) in [4.78, 5) is 8.80. The van der Waals surface area contributed by atoms with Crippen LogP contribution >= 0.6 is 0 Å². The Labute approximate surface area is 204 Å². The Morgan fingerprint density at radius 1 is 1.11 bits per heavy atom. The molecule has 35 heavy (non-hydrogen) atoms. The number of methoxy groups -OCH3 is 1. The molecule has 9 nitrogen and oxygen atoms in total. The van der Waals surface area contributed by atoms with Crippen molar-refractivity contribution < 1.29 is 13.2 Å². The Balaban J connectivity index is 1.67. The molecule has 0 saturated carbocycles. The summed E-state index contributed by atoms with van der Waals surface area (Å²) in [5, 5.41) is 12.2. The van der Waals surface area contributed by atoms with Crippen LogP contribution in [0.15, 0.2) is 78.2 Å². The number of nitrogens with one attached hydrogen (secondary N) is 1. The average molecular weight is 489 g/mol. The molecule has 2 heterocycles. The number of hydrogen-bond acceptors (Lipinski definition) is 7. The van der Waals surface area contributed by atoms with Gasteiger partial charge in [0.25, 0.3) is 0 Å². The van der Waals surface area contributed by atoms with Gasteiger partial charge < -0.3 is 14.6 Å². The number of nitrogens with zero attached hydrogens (tertiary/aromatic N) is 5. The van der Waals surface area contributed by atoms with Gasteiger partial charge in [-0.1, -0.05) is 12.1 Å². The van der Waals surface area contributed by atoms with Crippen LogP contribution in [0, 0.1) is 11.3 Å². The molecular weight excluding hydrogens is 464 g/mol. The second-order valence-electron chi connectivity index (χ2n) is 7.91. The summed E-state index contributed by atoms with van der Waals surface area (Å²) >= 11 is 0. The second-order valence-corrected chi connectivity index (χ2v) is 9.95. The summed E-state index contributed by atoms with van der Waals surface area (Å²) in [6, 6.07) is 17.5. The highest BCUT2D eigenvalue weighted by Crippen LogP contribution is 2.32. The minimum absolute atomic E-state index is 0.146. The molecule has 0 aliphatic heterocycles. The van der Waals surface area contributed by atoms with Crippen molar-refractivity contribution in [3.05, 3.63) is 84.4 Å². The van der Waals surface area contributed by atoms with Crippen LogP contribution in [0.5, 0.6) is 5.75 Å². The molecular formula is C25H24N6O3S. The maximum atomic E-state index is 13.4. The molecule has 0 amide bonds. The lowest BCUT2D eigenvalue weighted by atomic mass is 10.1. The molecule has 0 unspecified atom stereocenters. The normalized spacial score (nSPS) is 11.3. The molecule has 10 heteroatoms. The van der Waals surface area contributed by atoms with Gasteiger partial charge in [-0.05, 0) is 48.0 Å². The zero-order valence-corrected chi connectivity index (χ0v) is 20.3. The second kappa shape index (κ2) is 9.97. The molecule has 0 bridgehead atoms. The SMILES string of the molecule is COc1ccc(CN(C)S(=O)(=O)c2ccc(Nc3ccc(C#N)cn3)c(-c3cn(C)cn3)c2)cc1. The smallest absolute Gasteiger partial charge is 0.243 e. The molecule has 0 fully saturated rings. The number of hydrogen-bond donors (Lipinski definition) is 1. The third-order valence-electron chi connectivity index (χ3n) is 5.40. The Morgan fingerprint density at radius 2 is 1.89 bits per heavy atom. The highest BCUT2D eigenvalue weighted by molar-refractivity contribution is 7.89. The van der Waals surface area contributed by atoms with Crippen LogP contribution in [0.1, 0.15) is 11.1 Å². The van der Waals surface area contributed by atoms with Crippen LogP contribution in [0.3, 0.4) is 0 Å². The molecule has 0 aliphatic carbocycles. The zero-order valence-electron chi connectivity index (χ0n) is 19.5.